The highest BCUT2D eigenvalue weighted by molar-refractivity contribution is 9.10. The lowest BCUT2D eigenvalue weighted by Crippen LogP contribution is -2.41. The SMILES string of the molecule is COC(=O)c1cc(Br)cc([N+](=O)[O-])c1OCCO[Si](C)(C)C(C)(C)C. The number of carbonyl (C=O) groups is 1. The van der Waals surface area contributed by atoms with E-state index in [1.54, 1.807) is 0 Å². The first-order valence-electron chi connectivity index (χ1n) is 7.73. The van der Waals surface area contributed by atoms with E-state index in [1.807, 2.05) is 0 Å². The monoisotopic (exact) mass is 433 g/mol. The van der Waals surface area contributed by atoms with Crippen molar-refractivity contribution in [1.82, 2.24) is 0 Å². The van der Waals surface area contributed by atoms with Crippen LogP contribution in [-0.2, 0) is 9.16 Å². The second-order valence-electron chi connectivity index (χ2n) is 7.01. The number of halogens is 1. The van der Waals surface area contributed by atoms with E-state index in [4.69, 9.17) is 9.16 Å². The van der Waals surface area contributed by atoms with Crippen molar-refractivity contribution in [3.63, 3.8) is 0 Å². The minimum absolute atomic E-state index is 0.00379. The fourth-order valence-corrected chi connectivity index (χ4v) is 3.26. The topological polar surface area (TPSA) is 87.9 Å². The molecule has 25 heavy (non-hydrogen) atoms. The molecule has 0 aliphatic heterocycles. The Morgan fingerprint density at radius 3 is 2.36 bits per heavy atom. The third-order valence-corrected chi connectivity index (χ3v) is 9.23. The van der Waals surface area contributed by atoms with Crippen LogP contribution >= 0.6 is 15.9 Å². The predicted molar refractivity (Wildman–Crippen MR) is 101 cm³/mol. The minimum atomic E-state index is -1.94. The Kier molecular flexibility index (Phi) is 7.15. The fourth-order valence-electron chi connectivity index (χ4n) is 1.79. The standard InChI is InChI=1S/C16H24BrNO6Si/c1-16(2,3)25(5,6)24-8-7-23-14-12(15(19)22-4)9-11(17)10-13(14)18(20)21/h9-10H,7-8H2,1-6H3. The van der Waals surface area contributed by atoms with Gasteiger partial charge in [0.15, 0.2) is 8.32 Å². The number of esters is 1. The first kappa shape index (κ1) is 21.6. The van der Waals surface area contributed by atoms with E-state index in [9.17, 15) is 14.9 Å². The third kappa shape index (κ3) is 5.51. The Bertz CT molecular complexity index is 657. The van der Waals surface area contributed by atoms with Gasteiger partial charge in [0.05, 0.1) is 18.6 Å². The average Bonchev–Trinajstić information content (AvgIpc) is 2.49. The zero-order chi connectivity index (χ0) is 19.4. The van der Waals surface area contributed by atoms with Gasteiger partial charge in [-0.15, -0.1) is 0 Å². The molecule has 0 heterocycles. The van der Waals surface area contributed by atoms with Crippen LogP contribution in [0.2, 0.25) is 18.1 Å². The average molecular weight is 434 g/mol. The molecule has 1 aromatic carbocycles. The minimum Gasteiger partial charge on any atom is -0.484 e. The summed E-state index contributed by atoms with van der Waals surface area (Å²) in [5.74, 6) is -0.816. The second kappa shape index (κ2) is 8.28. The van der Waals surface area contributed by atoms with Gasteiger partial charge in [0, 0.05) is 10.5 Å². The molecule has 1 aromatic rings. The van der Waals surface area contributed by atoms with Gasteiger partial charge in [0.1, 0.15) is 12.2 Å². The van der Waals surface area contributed by atoms with Crippen LogP contribution in [0.4, 0.5) is 5.69 Å². The molecule has 1 rings (SSSR count). The van der Waals surface area contributed by atoms with E-state index in [-0.39, 0.29) is 35.3 Å². The molecule has 0 bridgehead atoms. The van der Waals surface area contributed by atoms with Crippen LogP contribution in [0.3, 0.4) is 0 Å². The molecule has 0 saturated heterocycles. The van der Waals surface area contributed by atoms with Crippen LogP contribution < -0.4 is 4.74 Å². The van der Waals surface area contributed by atoms with Crippen LogP contribution in [0.15, 0.2) is 16.6 Å². The lowest BCUT2D eigenvalue weighted by atomic mass is 10.1. The van der Waals surface area contributed by atoms with E-state index in [0.717, 1.165) is 0 Å². The number of ether oxygens (including phenoxy) is 2. The maximum Gasteiger partial charge on any atom is 0.341 e. The third-order valence-electron chi connectivity index (χ3n) is 4.23. The van der Waals surface area contributed by atoms with E-state index in [2.05, 4.69) is 54.5 Å². The summed E-state index contributed by atoms with van der Waals surface area (Å²) in [7, 11) is -0.735. The number of nitro groups is 1. The number of nitrogens with zero attached hydrogens (tertiary/aromatic N) is 1. The van der Waals surface area contributed by atoms with Gasteiger partial charge in [-0.25, -0.2) is 4.79 Å². The van der Waals surface area contributed by atoms with Crippen LogP contribution in [0.5, 0.6) is 5.75 Å². The van der Waals surface area contributed by atoms with Crippen molar-refractivity contribution in [3.8, 4) is 5.75 Å². The predicted octanol–water partition coefficient (Wildman–Crippen LogP) is 4.54. The molecular formula is C16H24BrNO6Si. The summed E-state index contributed by atoms with van der Waals surface area (Å²) in [4.78, 5) is 22.6. The smallest absolute Gasteiger partial charge is 0.341 e. The van der Waals surface area contributed by atoms with Gasteiger partial charge in [-0.05, 0) is 24.2 Å². The van der Waals surface area contributed by atoms with Gasteiger partial charge in [0.25, 0.3) is 0 Å². The summed E-state index contributed by atoms with van der Waals surface area (Å²) in [5, 5.41) is 11.3. The van der Waals surface area contributed by atoms with Gasteiger partial charge in [-0.2, -0.15) is 0 Å². The van der Waals surface area contributed by atoms with Gasteiger partial charge in [0.2, 0.25) is 5.75 Å². The molecule has 140 valence electrons. The quantitative estimate of drug-likeness (QED) is 0.206. The van der Waals surface area contributed by atoms with Gasteiger partial charge < -0.3 is 13.9 Å². The van der Waals surface area contributed by atoms with Gasteiger partial charge in [-0.3, -0.25) is 10.1 Å². The number of hydrogen-bond donors (Lipinski definition) is 0. The van der Waals surface area contributed by atoms with Crippen LogP contribution in [0, 0.1) is 10.1 Å². The Morgan fingerprint density at radius 1 is 1.28 bits per heavy atom. The second-order valence-corrected chi connectivity index (χ2v) is 12.7. The van der Waals surface area contributed by atoms with E-state index in [0.29, 0.717) is 4.47 Å². The van der Waals surface area contributed by atoms with Crippen molar-refractivity contribution in [2.24, 2.45) is 0 Å². The maximum absolute atomic E-state index is 11.9. The first-order chi connectivity index (χ1) is 11.4. The molecule has 0 spiro atoms. The molecule has 0 aromatic heterocycles. The van der Waals surface area contributed by atoms with Crippen molar-refractivity contribution < 1.29 is 23.6 Å². The van der Waals surface area contributed by atoms with Gasteiger partial charge >= 0.3 is 11.7 Å². The zero-order valence-corrected chi connectivity index (χ0v) is 17.9. The summed E-state index contributed by atoms with van der Waals surface area (Å²) >= 11 is 3.16. The van der Waals surface area contributed by atoms with E-state index in [1.165, 1.54) is 19.2 Å². The Balaban J connectivity index is 2.97. The van der Waals surface area contributed by atoms with E-state index >= 15 is 0 Å². The normalized spacial score (nSPS) is 12.0. The van der Waals surface area contributed by atoms with Crippen LogP contribution in [0.1, 0.15) is 31.1 Å². The highest BCUT2D eigenvalue weighted by atomic mass is 79.9. The van der Waals surface area contributed by atoms with Crippen molar-refractivity contribution in [3.05, 3.63) is 32.3 Å². The number of methoxy groups -OCH3 is 1. The number of rotatable bonds is 7. The summed E-state index contributed by atoms with van der Waals surface area (Å²) in [5.41, 5.74) is -0.307. The Morgan fingerprint density at radius 2 is 1.88 bits per heavy atom. The summed E-state index contributed by atoms with van der Waals surface area (Å²) in [6.45, 7) is 11.0. The molecule has 7 nitrogen and oxygen atoms in total. The highest BCUT2D eigenvalue weighted by Crippen LogP contribution is 2.37. The lowest BCUT2D eigenvalue weighted by molar-refractivity contribution is -0.386. The zero-order valence-electron chi connectivity index (χ0n) is 15.3. The van der Waals surface area contributed by atoms with Crippen LogP contribution in [-0.4, -0.2) is 39.5 Å². The van der Waals surface area contributed by atoms with Crippen molar-refractivity contribution in [2.45, 2.75) is 38.9 Å². The summed E-state index contributed by atoms with van der Waals surface area (Å²) in [6.07, 6.45) is 0. The molecule has 9 heteroatoms. The lowest BCUT2D eigenvalue weighted by Gasteiger charge is -2.36. The number of hydrogen-bond acceptors (Lipinski definition) is 6. The molecule has 0 atom stereocenters. The molecule has 0 fully saturated rings. The Labute approximate surface area is 157 Å². The molecule has 0 aliphatic rings. The van der Waals surface area contributed by atoms with Crippen molar-refractivity contribution >= 4 is 35.9 Å². The number of carbonyl (C=O) groups excluding carboxylic acids is 1. The van der Waals surface area contributed by atoms with Crippen LogP contribution in [0.25, 0.3) is 0 Å². The molecule has 0 amide bonds. The molecule has 0 aliphatic carbocycles. The summed E-state index contributed by atoms with van der Waals surface area (Å²) < 4.78 is 16.6. The van der Waals surface area contributed by atoms with Crippen molar-refractivity contribution in [1.29, 1.82) is 0 Å². The molecule has 0 radical (unpaired) electrons. The fraction of sp³-hybridized carbons (Fsp3) is 0.562. The number of nitro benzene ring substituents is 1. The largest absolute Gasteiger partial charge is 0.484 e. The highest BCUT2D eigenvalue weighted by Gasteiger charge is 2.37. The van der Waals surface area contributed by atoms with Crippen molar-refractivity contribution in [2.75, 3.05) is 20.3 Å². The molecule has 0 unspecified atom stereocenters. The molecular weight excluding hydrogens is 410 g/mol. The van der Waals surface area contributed by atoms with E-state index < -0.39 is 19.2 Å². The first-order valence-corrected chi connectivity index (χ1v) is 11.4. The summed E-state index contributed by atoms with van der Waals surface area (Å²) in [6, 6.07) is 2.72. The van der Waals surface area contributed by atoms with Gasteiger partial charge in [-0.1, -0.05) is 36.7 Å². The Hall–Kier alpha value is -1.45. The molecule has 0 N–H and O–H groups in total. The maximum atomic E-state index is 11.9. The number of benzene rings is 1. The molecule has 0 saturated carbocycles.